The van der Waals surface area contributed by atoms with Crippen LogP contribution in [0.15, 0.2) is 60.1 Å². The molecular weight excluding hydrogens is 504 g/mol. The lowest BCUT2D eigenvalue weighted by atomic mass is 9.82. The molecule has 1 aliphatic heterocycles. The van der Waals surface area contributed by atoms with Crippen molar-refractivity contribution in [2.24, 2.45) is 16.3 Å². The first-order valence-electron chi connectivity index (χ1n) is 15.5. The van der Waals surface area contributed by atoms with Gasteiger partial charge in [0, 0.05) is 18.7 Å². The molecule has 1 aliphatic rings. The fraction of sp³-hybridized carbons (Fsp3) is 0.568. The highest BCUT2D eigenvalue weighted by molar-refractivity contribution is 6.01. The Hall–Kier alpha value is -2.72. The number of carbonyl (C=O) groups is 1. The molecule has 1 fully saturated rings. The number of rotatable bonds is 8. The number of ether oxygens (including phenoxy) is 1. The maximum Gasteiger partial charge on any atom is 0.129 e. The summed E-state index contributed by atoms with van der Waals surface area (Å²) in [5, 5.41) is 0. The molecule has 230 valence electrons. The summed E-state index contributed by atoms with van der Waals surface area (Å²) in [4.78, 5) is 17.1. The minimum Gasteiger partial charge on any atom is -0.497 e. The number of methoxy groups -OCH3 is 1. The van der Waals surface area contributed by atoms with Crippen molar-refractivity contribution in [3.05, 3.63) is 71.8 Å². The lowest BCUT2D eigenvalue weighted by Crippen LogP contribution is -2.38. The molecule has 41 heavy (non-hydrogen) atoms. The van der Waals surface area contributed by atoms with Crippen molar-refractivity contribution < 1.29 is 9.53 Å². The molecule has 2 aromatic carbocycles. The SMILES string of the molecule is C=C(N=C(C)c1cccc(OC)c1)c1ccc(CCN2CCC(C)(C)CC2)cc1.CC(C)C.CCC.CCC(C)=O. The number of hydrogen-bond acceptors (Lipinski definition) is 4. The zero-order valence-corrected chi connectivity index (χ0v) is 28.3. The van der Waals surface area contributed by atoms with Crippen molar-refractivity contribution in [2.45, 2.75) is 101 Å². The monoisotopic (exact) mass is 564 g/mol. The van der Waals surface area contributed by atoms with E-state index in [2.05, 4.69) is 84.2 Å². The molecule has 0 aliphatic carbocycles. The van der Waals surface area contributed by atoms with Crippen LogP contribution in [-0.2, 0) is 11.2 Å². The zero-order chi connectivity index (χ0) is 31.4. The van der Waals surface area contributed by atoms with E-state index in [0.29, 0.717) is 11.8 Å². The summed E-state index contributed by atoms with van der Waals surface area (Å²) in [6, 6.07) is 16.7. The van der Waals surface area contributed by atoms with Gasteiger partial charge in [-0.1, -0.05) is 105 Å². The van der Waals surface area contributed by atoms with Crippen molar-refractivity contribution in [3.63, 3.8) is 0 Å². The van der Waals surface area contributed by atoms with Crippen molar-refractivity contribution >= 4 is 17.2 Å². The molecular formula is C37H60N2O2. The fourth-order valence-corrected chi connectivity index (χ4v) is 3.71. The maximum absolute atomic E-state index is 9.81. The average molecular weight is 565 g/mol. The van der Waals surface area contributed by atoms with Crippen LogP contribution in [0.4, 0.5) is 0 Å². The van der Waals surface area contributed by atoms with E-state index >= 15 is 0 Å². The zero-order valence-electron chi connectivity index (χ0n) is 28.3. The van der Waals surface area contributed by atoms with Crippen molar-refractivity contribution in [1.29, 1.82) is 0 Å². The number of carbonyl (C=O) groups excluding carboxylic acids is 1. The Morgan fingerprint density at radius 1 is 0.976 bits per heavy atom. The van der Waals surface area contributed by atoms with Crippen LogP contribution in [0.2, 0.25) is 0 Å². The second kappa shape index (κ2) is 21.1. The predicted molar refractivity (Wildman–Crippen MR) is 181 cm³/mol. The van der Waals surface area contributed by atoms with E-state index in [1.807, 2.05) is 38.1 Å². The third-order valence-electron chi connectivity index (χ3n) is 6.50. The van der Waals surface area contributed by atoms with Crippen LogP contribution in [0.3, 0.4) is 0 Å². The first-order chi connectivity index (χ1) is 19.3. The van der Waals surface area contributed by atoms with Gasteiger partial charge in [0.05, 0.1) is 12.8 Å². The van der Waals surface area contributed by atoms with Crippen LogP contribution in [0.5, 0.6) is 5.75 Å². The van der Waals surface area contributed by atoms with Gasteiger partial charge in [0.1, 0.15) is 11.5 Å². The summed E-state index contributed by atoms with van der Waals surface area (Å²) >= 11 is 0. The van der Waals surface area contributed by atoms with Gasteiger partial charge in [-0.2, -0.15) is 0 Å². The van der Waals surface area contributed by atoms with Crippen LogP contribution in [0.25, 0.3) is 5.70 Å². The highest BCUT2D eigenvalue weighted by Crippen LogP contribution is 2.29. The lowest BCUT2D eigenvalue weighted by molar-refractivity contribution is -0.116. The minimum absolute atomic E-state index is 0.255. The number of piperidine rings is 1. The van der Waals surface area contributed by atoms with Gasteiger partial charge in [-0.05, 0) is 86.4 Å². The van der Waals surface area contributed by atoms with Crippen LogP contribution < -0.4 is 4.74 Å². The normalized spacial score (nSPS) is 14.4. The standard InChI is InChI=1S/C26H34N2O.C4H8O.C4H10.C3H8/c1-20(27-21(2)24-7-6-8-25(19-24)29-5)23-11-9-22(10-12-23)13-16-28-17-14-26(3,4)15-18-28;1-3-4(2)5;1-4(2)3;1-3-2/h6-12,19H,1,13-18H2,2-5H3;3H2,1-2H3;4H,1-3H3;3H2,1-2H3. The van der Waals surface area contributed by atoms with Gasteiger partial charge in [-0.25, -0.2) is 0 Å². The van der Waals surface area contributed by atoms with Crippen LogP contribution >= 0.6 is 0 Å². The molecule has 0 aromatic heterocycles. The molecule has 3 rings (SSSR count). The molecule has 0 saturated carbocycles. The second-order valence-corrected chi connectivity index (χ2v) is 12.3. The number of hydrogen-bond donors (Lipinski definition) is 0. The Morgan fingerprint density at radius 3 is 1.95 bits per heavy atom. The number of nitrogens with zero attached hydrogens (tertiary/aromatic N) is 2. The molecule has 0 amide bonds. The smallest absolute Gasteiger partial charge is 0.129 e. The molecule has 0 unspecified atom stereocenters. The van der Waals surface area contributed by atoms with Crippen molar-refractivity contribution in [3.8, 4) is 5.75 Å². The largest absolute Gasteiger partial charge is 0.497 e. The van der Waals surface area contributed by atoms with E-state index in [1.165, 1.54) is 37.9 Å². The van der Waals surface area contributed by atoms with Crippen molar-refractivity contribution in [1.82, 2.24) is 4.90 Å². The van der Waals surface area contributed by atoms with Crippen LogP contribution in [-0.4, -0.2) is 43.1 Å². The van der Waals surface area contributed by atoms with E-state index in [-0.39, 0.29) is 5.78 Å². The Kier molecular flexibility index (Phi) is 19.7. The molecule has 0 spiro atoms. The first-order valence-corrected chi connectivity index (χ1v) is 15.5. The molecule has 1 saturated heterocycles. The first kappa shape index (κ1) is 38.3. The Morgan fingerprint density at radius 2 is 1.49 bits per heavy atom. The van der Waals surface area contributed by atoms with Gasteiger partial charge < -0.3 is 14.4 Å². The van der Waals surface area contributed by atoms with Gasteiger partial charge in [0.15, 0.2) is 0 Å². The molecule has 4 heteroatoms. The molecule has 4 nitrogen and oxygen atoms in total. The summed E-state index contributed by atoms with van der Waals surface area (Å²) in [5.41, 5.74) is 5.73. The number of likely N-dealkylation sites (tertiary alicyclic amines) is 1. The number of ketones is 1. The molecule has 1 heterocycles. The van der Waals surface area contributed by atoms with Gasteiger partial charge in [-0.15, -0.1) is 0 Å². The average Bonchev–Trinajstić information content (AvgIpc) is 2.93. The van der Waals surface area contributed by atoms with Gasteiger partial charge >= 0.3 is 0 Å². The topological polar surface area (TPSA) is 41.9 Å². The summed E-state index contributed by atoms with van der Waals surface area (Å²) in [7, 11) is 1.68. The van der Waals surface area contributed by atoms with E-state index in [4.69, 9.17) is 9.73 Å². The molecule has 0 N–H and O–H groups in total. The Balaban J connectivity index is 0.00000113. The summed E-state index contributed by atoms with van der Waals surface area (Å²) in [5.74, 6) is 1.93. The third-order valence-corrected chi connectivity index (χ3v) is 6.50. The van der Waals surface area contributed by atoms with Crippen LogP contribution in [0, 0.1) is 11.3 Å². The Bertz CT molecular complexity index is 1020. The summed E-state index contributed by atoms with van der Waals surface area (Å²) in [6.07, 6.45) is 5.62. The lowest BCUT2D eigenvalue weighted by Gasteiger charge is -2.36. The minimum atomic E-state index is 0.255. The molecule has 0 atom stereocenters. The van der Waals surface area contributed by atoms with Crippen molar-refractivity contribution in [2.75, 3.05) is 26.7 Å². The number of Topliss-reactive ketones (excluding diaryl/α,β-unsaturated/α-hetero) is 1. The molecule has 0 radical (unpaired) electrons. The summed E-state index contributed by atoms with van der Waals surface area (Å²) < 4.78 is 5.30. The molecule has 0 bridgehead atoms. The summed E-state index contributed by atoms with van der Waals surface area (Å²) in [6.45, 7) is 28.7. The van der Waals surface area contributed by atoms with E-state index in [1.54, 1.807) is 14.0 Å². The second-order valence-electron chi connectivity index (χ2n) is 12.3. The van der Waals surface area contributed by atoms with Gasteiger partial charge in [0.2, 0.25) is 0 Å². The number of benzene rings is 2. The van der Waals surface area contributed by atoms with E-state index < -0.39 is 0 Å². The fourth-order valence-electron chi connectivity index (χ4n) is 3.71. The number of aliphatic imine (C=N–C) groups is 1. The Labute approximate surface area is 253 Å². The van der Waals surface area contributed by atoms with E-state index in [9.17, 15) is 4.79 Å². The molecule has 2 aromatic rings. The maximum atomic E-state index is 9.81. The van der Waals surface area contributed by atoms with E-state index in [0.717, 1.165) is 47.2 Å². The van der Waals surface area contributed by atoms with Gasteiger partial charge in [0.25, 0.3) is 0 Å². The van der Waals surface area contributed by atoms with Crippen LogP contribution in [0.1, 0.15) is 112 Å². The highest BCUT2D eigenvalue weighted by Gasteiger charge is 2.24. The quantitative estimate of drug-likeness (QED) is 0.300. The highest BCUT2D eigenvalue weighted by atomic mass is 16.5. The van der Waals surface area contributed by atoms with Gasteiger partial charge in [-0.3, -0.25) is 4.99 Å². The third kappa shape index (κ3) is 18.4. The predicted octanol–water partition coefficient (Wildman–Crippen LogP) is 9.90.